The van der Waals surface area contributed by atoms with Gasteiger partial charge in [-0.15, -0.1) is 0 Å². The first-order valence-corrected chi connectivity index (χ1v) is 9.38. The fraction of sp³-hybridized carbons (Fsp3) is 0.500. The molecule has 1 aliphatic rings. The standard InChI is InChI=1S/C20H27N3O6/c1-13(2)8-9-20(3)18(26)23(19(27)22-20)11-17(25)29-12-16(24)21-14-6-5-7-15(10-14)28-4/h5-7,10,13H,8-9,11-12H2,1-4H3,(H,21,24)(H,22,27)/t20-/m1/s1. The molecule has 0 spiro atoms. The number of amides is 4. The predicted molar refractivity (Wildman–Crippen MR) is 105 cm³/mol. The molecule has 0 saturated carbocycles. The number of ether oxygens (including phenoxy) is 2. The Labute approximate surface area is 169 Å². The van der Waals surface area contributed by atoms with Crippen LogP contribution in [0.1, 0.15) is 33.6 Å². The third-order valence-corrected chi connectivity index (χ3v) is 4.57. The lowest BCUT2D eigenvalue weighted by Crippen LogP contribution is -2.44. The molecule has 2 N–H and O–H groups in total. The molecule has 1 saturated heterocycles. The highest BCUT2D eigenvalue weighted by Gasteiger charge is 2.48. The van der Waals surface area contributed by atoms with E-state index in [9.17, 15) is 19.2 Å². The molecular formula is C20H27N3O6. The fourth-order valence-electron chi connectivity index (χ4n) is 2.86. The maximum absolute atomic E-state index is 12.6. The molecule has 0 aromatic heterocycles. The zero-order chi connectivity index (χ0) is 21.6. The number of imide groups is 1. The number of benzene rings is 1. The number of carbonyl (C=O) groups excluding carboxylic acids is 4. The van der Waals surface area contributed by atoms with Gasteiger partial charge in [-0.2, -0.15) is 0 Å². The minimum atomic E-state index is -1.04. The molecule has 1 heterocycles. The van der Waals surface area contributed by atoms with Gasteiger partial charge in [0.25, 0.3) is 11.8 Å². The van der Waals surface area contributed by atoms with E-state index in [1.165, 1.54) is 7.11 Å². The summed E-state index contributed by atoms with van der Waals surface area (Å²) >= 11 is 0. The summed E-state index contributed by atoms with van der Waals surface area (Å²) in [6.07, 6.45) is 1.23. The van der Waals surface area contributed by atoms with E-state index in [0.717, 1.165) is 11.3 Å². The SMILES string of the molecule is COc1cccc(NC(=O)COC(=O)CN2C(=O)N[C@](C)(CCC(C)C)C2=O)c1. The molecule has 29 heavy (non-hydrogen) atoms. The first-order chi connectivity index (χ1) is 13.6. The van der Waals surface area contributed by atoms with Crippen LogP contribution < -0.4 is 15.4 Å². The van der Waals surface area contributed by atoms with Gasteiger partial charge in [0.05, 0.1) is 7.11 Å². The van der Waals surface area contributed by atoms with Gasteiger partial charge < -0.3 is 20.1 Å². The van der Waals surface area contributed by atoms with Crippen LogP contribution in [0.3, 0.4) is 0 Å². The van der Waals surface area contributed by atoms with E-state index in [-0.39, 0.29) is 0 Å². The highest BCUT2D eigenvalue weighted by Crippen LogP contribution is 2.24. The van der Waals surface area contributed by atoms with E-state index in [4.69, 9.17) is 9.47 Å². The molecule has 1 aromatic rings. The minimum absolute atomic E-state index is 0.374. The van der Waals surface area contributed by atoms with Crippen LogP contribution in [0, 0.1) is 5.92 Å². The van der Waals surface area contributed by atoms with Crippen LogP contribution >= 0.6 is 0 Å². The number of esters is 1. The van der Waals surface area contributed by atoms with Crippen LogP contribution in [0.5, 0.6) is 5.75 Å². The second kappa shape index (κ2) is 9.40. The quantitative estimate of drug-likeness (QED) is 0.479. The Morgan fingerprint density at radius 2 is 2.00 bits per heavy atom. The van der Waals surface area contributed by atoms with E-state index in [2.05, 4.69) is 10.6 Å². The van der Waals surface area contributed by atoms with Crippen molar-refractivity contribution >= 4 is 29.5 Å². The lowest BCUT2D eigenvalue weighted by Gasteiger charge is -2.22. The number of nitrogens with one attached hydrogen (secondary N) is 2. The average Bonchev–Trinajstić information content (AvgIpc) is 2.88. The molecule has 4 amide bonds. The Morgan fingerprint density at radius 3 is 2.66 bits per heavy atom. The summed E-state index contributed by atoms with van der Waals surface area (Å²) in [6.45, 7) is 4.61. The molecule has 0 aliphatic carbocycles. The zero-order valence-electron chi connectivity index (χ0n) is 17.1. The van der Waals surface area contributed by atoms with Gasteiger partial charge in [0.15, 0.2) is 6.61 Å². The van der Waals surface area contributed by atoms with Crippen LogP contribution in [0.15, 0.2) is 24.3 Å². The third kappa shape index (κ3) is 5.94. The van der Waals surface area contributed by atoms with Gasteiger partial charge >= 0.3 is 12.0 Å². The number of hydrogen-bond acceptors (Lipinski definition) is 6. The highest BCUT2D eigenvalue weighted by molar-refractivity contribution is 6.08. The van der Waals surface area contributed by atoms with Gasteiger partial charge in [0.1, 0.15) is 17.8 Å². The number of rotatable bonds is 9. The van der Waals surface area contributed by atoms with Crippen LogP contribution in [0.2, 0.25) is 0 Å². The second-order valence-electron chi connectivity index (χ2n) is 7.53. The van der Waals surface area contributed by atoms with Crippen molar-refractivity contribution in [1.82, 2.24) is 10.2 Å². The number of nitrogens with zero attached hydrogens (tertiary/aromatic N) is 1. The molecule has 9 nitrogen and oxygen atoms in total. The smallest absolute Gasteiger partial charge is 0.326 e. The molecule has 1 atom stereocenters. The van der Waals surface area contributed by atoms with E-state index < -0.39 is 42.5 Å². The maximum Gasteiger partial charge on any atom is 0.326 e. The number of hydrogen-bond donors (Lipinski definition) is 2. The van der Waals surface area contributed by atoms with Gasteiger partial charge in [-0.1, -0.05) is 19.9 Å². The molecular weight excluding hydrogens is 378 g/mol. The summed E-state index contributed by atoms with van der Waals surface area (Å²) in [4.78, 5) is 49.5. The average molecular weight is 405 g/mol. The Kier molecular flexibility index (Phi) is 7.19. The minimum Gasteiger partial charge on any atom is -0.497 e. The van der Waals surface area contributed by atoms with Crippen LogP contribution in [-0.4, -0.2) is 54.5 Å². The molecule has 0 bridgehead atoms. The molecule has 1 aromatic carbocycles. The van der Waals surface area contributed by atoms with Crippen LogP contribution in [-0.2, 0) is 19.1 Å². The van der Waals surface area contributed by atoms with Gasteiger partial charge in [-0.05, 0) is 37.8 Å². The van der Waals surface area contributed by atoms with E-state index in [0.29, 0.717) is 23.8 Å². The van der Waals surface area contributed by atoms with Gasteiger partial charge in [0, 0.05) is 11.8 Å². The molecule has 0 radical (unpaired) electrons. The Morgan fingerprint density at radius 1 is 1.28 bits per heavy atom. The fourth-order valence-corrected chi connectivity index (χ4v) is 2.86. The van der Waals surface area contributed by atoms with E-state index in [1.54, 1.807) is 31.2 Å². The predicted octanol–water partition coefficient (Wildman–Crippen LogP) is 1.92. The zero-order valence-corrected chi connectivity index (χ0v) is 17.1. The van der Waals surface area contributed by atoms with Crippen molar-refractivity contribution in [3.8, 4) is 5.75 Å². The van der Waals surface area contributed by atoms with E-state index >= 15 is 0 Å². The van der Waals surface area contributed by atoms with Crippen LogP contribution in [0.25, 0.3) is 0 Å². The monoisotopic (exact) mass is 405 g/mol. The van der Waals surface area contributed by atoms with Crippen molar-refractivity contribution in [1.29, 1.82) is 0 Å². The Bertz CT molecular complexity index is 794. The molecule has 9 heteroatoms. The topological polar surface area (TPSA) is 114 Å². The van der Waals surface area contributed by atoms with Crippen molar-refractivity contribution in [3.05, 3.63) is 24.3 Å². The molecule has 158 valence electrons. The van der Waals surface area contributed by atoms with Gasteiger partial charge in [-0.3, -0.25) is 19.3 Å². The largest absolute Gasteiger partial charge is 0.497 e. The van der Waals surface area contributed by atoms with E-state index in [1.807, 2.05) is 13.8 Å². The summed E-state index contributed by atoms with van der Waals surface area (Å²) in [5.74, 6) is -0.925. The number of anilines is 1. The molecule has 1 aliphatic heterocycles. The summed E-state index contributed by atoms with van der Waals surface area (Å²) in [6, 6.07) is 6.06. The summed E-state index contributed by atoms with van der Waals surface area (Å²) < 4.78 is 9.97. The number of urea groups is 1. The van der Waals surface area contributed by atoms with Crippen molar-refractivity contribution < 1.29 is 28.7 Å². The number of carbonyl (C=O) groups is 4. The van der Waals surface area contributed by atoms with Crippen LogP contribution in [0.4, 0.5) is 10.5 Å². The summed E-state index contributed by atoms with van der Waals surface area (Å²) in [5.41, 5.74) is -0.550. The first-order valence-electron chi connectivity index (χ1n) is 9.38. The second-order valence-corrected chi connectivity index (χ2v) is 7.53. The lowest BCUT2D eigenvalue weighted by atomic mass is 9.92. The molecule has 0 unspecified atom stereocenters. The Balaban J connectivity index is 1.84. The molecule has 1 fully saturated rings. The first kappa shape index (κ1) is 22.2. The van der Waals surface area contributed by atoms with Gasteiger partial charge in [-0.25, -0.2) is 4.79 Å². The maximum atomic E-state index is 12.6. The summed E-state index contributed by atoms with van der Waals surface area (Å²) in [7, 11) is 1.51. The highest BCUT2D eigenvalue weighted by atomic mass is 16.5. The molecule has 2 rings (SSSR count). The normalized spacial score (nSPS) is 18.6. The van der Waals surface area contributed by atoms with Gasteiger partial charge in [0.2, 0.25) is 0 Å². The van der Waals surface area contributed by atoms with Crippen molar-refractivity contribution in [2.45, 2.75) is 39.2 Å². The lowest BCUT2D eigenvalue weighted by molar-refractivity contribution is -0.150. The van der Waals surface area contributed by atoms with Crippen molar-refractivity contribution in [2.75, 3.05) is 25.6 Å². The van der Waals surface area contributed by atoms with Crippen molar-refractivity contribution in [3.63, 3.8) is 0 Å². The summed E-state index contributed by atoms with van der Waals surface area (Å²) in [5, 5.41) is 5.21. The number of methoxy groups -OCH3 is 1. The van der Waals surface area contributed by atoms with Crippen molar-refractivity contribution in [2.24, 2.45) is 5.92 Å². The third-order valence-electron chi connectivity index (χ3n) is 4.57. The Hall–Kier alpha value is -3.10.